The molecule has 1 rings (SSSR count). The molecule has 0 bridgehead atoms. The summed E-state index contributed by atoms with van der Waals surface area (Å²) in [6.45, 7) is 4.60. The number of nitriles is 1. The van der Waals surface area contributed by atoms with E-state index >= 15 is 0 Å². The molecule has 0 aliphatic heterocycles. The number of rotatable bonds is 4. The third-order valence-corrected chi connectivity index (χ3v) is 3.10. The predicted octanol–water partition coefficient (Wildman–Crippen LogP) is 2.21. The van der Waals surface area contributed by atoms with Crippen LogP contribution in [0.4, 0.5) is 0 Å². The first-order chi connectivity index (χ1) is 7.03. The third kappa shape index (κ3) is 4.63. The monoisotopic (exact) mass is 210 g/mol. The van der Waals surface area contributed by atoms with Crippen molar-refractivity contribution >= 4 is 0 Å². The van der Waals surface area contributed by atoms with Crippen molar-refractivity contribution in [2.24, 2.45) is 11.1 Å². The molecule has 0 spiro atoms. The second-order valence-corrected chi connectivity index (χ2v) is 5.15. The van der Waals surface area contributed by atoms with Crippen LogP contribution in [0.15, 0.2) is 0 Å². The molecule has 2 N–H and O–H groups in total. The fourth-order valence-electron chi connectivity index (χ4n) is 1.79. The maximum atomic E-state index is 8.84. The van der Waals surface area contributed by atoms with Crippen molar-refractivity contribution in [2.45, 2.75) is 58.1 Å². The molecule has 0 aromatic carbocycles. The summed E-state index contributed by atoms with van der Waals surface area (Å²) in [5.74, 6) is 0. The summed E-state index contributed by atoms with van der Waals surface area (Å²) in [6.07, 6.45) is 5.49. The maximum absolute atomic E-state index is 8.84. The van der Waals surface area contributed by atoms with Crippen molar-refractivity contribution in [1.82, 2.24) is 0 Å². The molecule has 0 aromatic heterocycles. The zero-order chi connectivity index (χ0) is 11.3. The molecule has 0 aromatic rings. The van der Waals surface area contributed by atoms with E-state index in [1.165, 1.54) is 0 Å². The van der Waals surface area contributed by atoms with Gasteiger partial charge in [0, 0.05) is 12.6 Å². The second-order valence-electron chi connectivity index (χ2n) is 5.15. The lowest BCUT2D eigenvalue weighted by atomic mass is 9.91. The van der Waals surface area contributed by atoms with Gasteiger partial charge in [-0.25, -0.2) is 0 Å². The molecular weight excluding hydrogens is 188 g/mol. The van der Waals surface area contributed by atoms with E-state index in [1.807, 2.05) is 13.8 Å². The highest BCUT2D eigenvalue weighted by molar-refractivity contribution is 4.91. The number of hydrogen-bond donors (Lipinski definition) is 1. The van der Waals surface area contributed by atoms with E-state index in [1.54, 1.807) is 0 Å². The summed E-state index contributed by atoms with van der Waals surface area (Å²) in [7, 11) is 0. The normalized spacial score (nSPS) is 27.3. The van der Waals surface area contributed by atoms with Gasteiger partial charge in [0.05, 0.1) is 17.6 Å². The van der Waals surface area contributed by atoms with Gasteiger partial charge in [-0.2, -0.15) is 5.26 Å². The van der Waals surface area contributed by atoms with Crippen molar-refractivity contribution in [1.29, 1.82) is 5.26 Å². The van der Waals surface area contributed by atoms with E-state index in [9.17, 15) is 0 Å². The summed E-state index contributed by atoms with van der Waals surface area (Å²) >= 11 is 0. The minimum absolute atomic E-state index is 0.259. The minimum Gasteiger partial charge on any atom is -0.378 e. The quantitative estimate of drug-likeness (QED) is 0.774. The van der Waals surface area contributed by atoms with Crippen molar-refractivity contribution < 1.29 is 4.74 Å². The van der Waals surface area contributed by atoms with E-state index in [-0.39, 0.29) is 5.41 Å². The van der Waals surface area contributed by atoms with Gasteiger partial charge in [0.25, 0.3) is 0 Å². The summed E-state index contributed by atoms with van der Waals surface area (Å²) in [6, 6.07) is 2.66. The Balaban J connectivity index is 2.14. The van der Waals surface area contributed by atoms with Crippen LogP contribution in [0, 0.1) is 16.7 Å². The van der Waals surface area contributed by atoms with E-state index in [4.69, 9.17) is 15.7 Å². The van der Waals surface area contributed by atoms with Crippen LogP contribution in [0.5, 0.6) is 0 Å². The summed E-state index contributed by atoms with van der Waals surface area (Å²) in [5.41, 5.74) is 5.56. The molecule has 1 aliphatic carbocycles. The van der Waals surface area contributed by atoms with Crippen LogP contribution in [0.1, 0.15) is 46.0 Å². The Bertz CT molecular complexity index is 224. The number of hydrogen-bond acceptors (Lipinski definition) is 3. The summed E-state index contributed by atoms with van der Waals surface area (Å²) in [4.78, 5) is 0. The molecule has 0 amide bonds. The Morgan fingerprint density at radius 2 is 1.93 bits per heavy atom. The fourth-order valence-corrected chi connectivity index (χ4v) is 1.79. The smallest absolute Gasteiger partial charge is 0.0684 e. The SMILES string of the molecule is CC(C)(C#N)CCOC1CCC(N)CC1. The van der Waals surface area contributed by atoms with Gasteiger partial charge in [0.2, 0.25) is 0 Å². The van der Waals surface area contributed by atoms with Gasteiger partial charge in [0.15, 0.2) is 0 Å². The lowest BCUT2D eigenvalue weighted by Crippen LogP contribution is -2.30. The first kappa shape index (κ1) is 12.5. The van der Waals surface area contributed by atoms with Gasteiger partial charge in [-0.3, -0.25) is 0 Å². The standard InChI is InChI=1S/C12H22N2O/c1-12(2,9-13)7-8-15-11-5-3-10(14)4-6-11/h10-11H,3-8,14H2,1-2H3. The predicted molar refractivity (Wildman–Crippen MR) is 60.2 cm³/mol. The molecule has 0 radical (unpaired) electrons. The molecule has 3 heteroatoms. The molecule has 15 heavy (non-hydrogen) atoms. The Kier molecular flexibility index (Phi) is 4.56. The maximum Gasteiger partial charge on any atom is 0.0684 e. The van der Waals surface area contributed by atoms with E-state index < -0.39 is 0 Å². The van der Waals surface area contributed by atoms with Crippen LogP contribution in [0.3, 0.4) is 0 Å². The minimum atomic E-state index is -0.259. The van der Waals surface area contributed by atoms with Crippen LogP contribution < -0.4 is 5.73 Å². The Hall–Kier alpha value is -0.590. The van der Waals surface area contributed by atoms with Crippen molar-refractivity contribution in [3.8, 4) is 6.07 Å². The highest BCUT2D eigenvalue weighted by Crippen LogP contribution is 2.22. The number of nitrogens with two attached hydrogens (primary N) is 1. The molecule has 0 atom stereocenters. The average Bonchev–Trinajstić information content (AvgIpc) is 2.21. The van der Waals surface area contributed by atoms with Gasteiger partial charge in [-0.15, -0.1) is 0 Å². The van der Waals surface area contributed by atoms with E-state index in [2.05, 4.69) is 6.07 Å². The first-order valence-corrected chi connectivity index (χ1v) is 5.82. The highest BCUT2D eigenvalue weighted by Gasteiger charge is 2.21. The Labute approximate surface area is 92.6 Å². The van der Waals surface area contributed by atoms with Crippen molar-refractivity contribution in [3.63, 3.8) is 0 Å². The zero-order valence-electron chi connectivity index (χ0n) is 9.83. The lowest BCUT2D eigenvalue weighted by molar-refractivity contribution is 0.0159. The molecule has 1 aliphatic rings. The third-order valence-electron chi connectivity index (χ3n) is 3.10. The Morgan fingerprint density at radius 1 is 1.33 bits per heavy atom. The molecular formula is C12H22N2O. The fraction of sp³-hybridized carbons (Fsp3) is 0.917. The first-order valence-electron chi connectivity index (χ1n) is 5.82. The van der Waals surface area contributed by atoms with Crippen LogP contribution >= 0.6 is 0 Å². The number of nitrogens with zero attached hydrogens (tertiary/aromatic N) is 1. The van der Waals surface area contributed by atoms with Gasteiger partial charge in [0.1, 0.15) is 0 Å². The summed E-state index contributed by atoms with van der Waals surface area (Å²) < 4.78 is 5.76. The molecule has 3 nitrogen and oxygen atoms in total. The summed E-state index contributed by atoms with van der Waals surface area (Å²) in [5, 5.41) is 8.84. The Morgan fingerprint density at radius 3 is 2.47 bits per heavy atom. The average molecular weight is 210 g/mol. The molecule has 0 saturated heterocycles. The van der Waals surface area contributed by atoms with Crippen LogP contribution in [-0.4, -0.2) is 18.8 Å². The van der Waals surface area contributed by atoms with Crippen LogP contribution in [0.25, 0.3) is 0 Å². The molecule has 86 valence electrons. The van der Waals surface area contributed by atoms with Crippen LogP contribution in [0.2, 0.25) is 0 Å². The van der Waals surface area contributed by atoms with Crippen molar-refractivity contribution in [2.75, 3.05) is 6.61 Å². The van der Waals surface area contributed by atoms with E-state index in [0.717, 1.165) is 32.1 Å². The molecule has 0 heterocycles. The second kappa shape index (κ2) is 5.48. The van der Waals surface area contributed by atoms with Crippen molar-refractivity contribution in [3.05, 3.63) is 0 Å². The van der Waals surface area contributed by atoms with Gasteiger partial charge >= 0.3 is 0 Å². The van der Waals surface area contributed by atoms with Crippen LogP contribution in [-0.2, 0) is 4.74 Å². The number of ether oxygens (including phenoxy) is 1. The molecule has 1 saturated carbocycles. The molecule has 1 fully saturated rings. The zero-order valence-corrected chi connectivity index (χ0v) is 9.83. The molecule has 0 unspecified atom stereocenters. The topological polar surface area (TPSA) is 59.0 Å². The largest absolute Gasteiger partial charge is 0.378 e. The van der Waals surface area contributed by atoms with E-state index in [0.29, 0.717) is 18.8 Å². The lowest BCUT2D eigenvalue weighted by Gasteiger charge is -2.27. The highest BCUT2D eigenvalue weighted by atomic mass is 16.5. The van der Waals surface area contributed by atoms with Gasteiger partial charge in [-0.05, 0) is 46.0 Å². The van der Waals surface area contributed by atoms with Gasteiger partial charge in [-0.1, -0.05) is 0 Å². The van der Waals surface area contributed by atoms with Gasteiger partial charge < -0.3 is 10.5 Å².